The number of likely N-dealkylation sites (N-methyl/N-ethyl adjacent to an activating group) is 1. The number of halogens is 2. The Balaban J connectivity index is 1.33. The first-order valence-corrected chi connectivity index (χ1v) is 14.3. The number of hydrogen-bond donors (Lipinski definition) is 2. The van der Waals surface area contributed by atoms with E-state index in [0.717, 1.165) is 23.4 Å². The summed E-state index contributed by atoms with van der Waals surface area (Å²) in [5, 5.41) is 2.99. The van der Waals surface area contributed by atoms with Gasteiger partial charge in [0, 0.05) is 42.5 Å². The van der Waals surface area contributed by atoms with E-state index in [1.54, 1.807) is 6.20 Å². The fourth-order valence-corrected chi connectivity index (χ4v) is 6.36. The van der Waals surface area contributed by atoms with E-state index in [1.807, 2.05) is 50.2 Å². The van der Waals surface area contributed by atoms with Gasteiger partial charge in [-0.05, 0) is 54.3 Å². The Hall–Kier alpha value is -5.11. The summed E-state index contributed by atoms with van der Waals surface area (Å²) < 4.78 is 28.1. The zero-order valence-corrected chi connectivity index (χ0v) is 24.4. The van der Waals surface area contributed by atoms with Crippen molar-refractivity contribution in [2.75, 3.05) is 18.9 Å². The molecule has 6 rings (SSSR count). The molecule has 0 radical (unpaired) electrons. The number of carbonyl (C=O) groups is 3. The summed E-state index contributed by atoms with van der Waals surface area (Å²) in [6.07, 6.45) is 1.14. The molecule has 4 heterocycles. The molecule has 0 bridgehead atoms. The molecule has 1 spiro atoms. The molecule has 0 saturated carbocycles. The number of pyridine rings is 1. The van der Waals surface area contributed by atoms with E-state index >= 15 is 0 Å². The Morgan fingerprint density at radius 3 is 2.68 bits per heavy atom. The van der Waals surface area contributed by atoms with Crippen molar-refractivity contribution in [2.45, 2.75) is 44.3 Å². The van der Waals surface area contributed by atoms with Crippen LogP contribution in [-0.4, -0.2) is 63.3 Å². The summed E-state index contributed by atoms with van der Waals surface area (Å²) >= 11 is 0. The average Bonchev–Trinajstić information content (AvgIpc) is 3.69. The van der Waals surface area contributed by atoms with Gasteiger partial charge in [-0.2, -0.15) is 0 Å². The highest BCUT2D eigenvalue weighted by Crippen LogP contribution is 2.48. The molecule has 1 saturated heterocycles. The molecule has 2 aromatic carbocycles. The van der Waals surface area contributed by atoms with Crippen molar-refractivity contribution >= 4 is 34.3 Å². The number of likely N-dealkylation sites (tertiary alicyclic amines) is 1. The molecule has 0 aliphatic carbocycles. The number of benzene rings is 2. The van der Waals surface area contributed by atoms with Crippen LogP contribution in [0.4, 0.5) is 14.5 Å². The highest BCUT2D eigenvalue weighted by atomic mass is 19.1. The molecule has 4 aromatic rings. The van der Waals surface area contributed by atoms with Gasteiger partial charge in [0.15, 0.2) is 0 Å². The molecular weight excluding hydrogens is 566 g/mol. The second-order valence-corrected chi connectivity index (χ2v) is 11.9. The number of H-pyrrole nitrogens is 1. The number of nitrogens with zero attached hydrogens (tertiary/aromatic N) is 4. The zero-order valence-electron chi connectivity index (χ0n) is 24.4. The number of carbonyl (C=O) groups excluding carboxylic acids is 3. The number of aromatic amines is 1. The minimum Gasteiger partial charge on any atom is -0.350 e. The average molecular weight is 597 g/mol. The lowest BCUT2D eigenvalue weighted by Crippen LogP contribution is -2.51. The molecule has 3 atom stereocenters. The van der Waals surface area contributed by atoms with Crippen LogP contribution in [0.1, 0.15) is 42.7 Å². The van der Waals surface area contributed by atoms with Crippen LogP contribution in [0.15, 0.2) is 60.8 Å². The predicted octanol–water partition coefficient (Wildman–Crippen LogP) is 5.36. The first-order valence-electron chi connectivity index (χ1n) is 14.3. The highest BCUT2D eigenvalue weighted by molar-refractivity contribution is 6.08. The first-order chi connectivity index (χ1) is 21.0. The van der Waals surface area contributed by atoms with Crippen molar-refractivity contribution in [1.29, 1.82) is 0 Å². The molecule has 2 aliphatic rings. The third-order valence-corrected chi connectivity index (χ3v) is 8.59. The van der Waals surface area contributed by atoms with E-state index in [0.29, 0.717) is 11.3 Å². The zero-order chi connectivity index (χ0) is 31.3. The van der Waals surface area contributed by atoms with Crippen LogP contribution >= 0.6 is 0 Å². The van der Waals surface area contributed by atoms with Crippen molar-refractivity contribution < 1.29 is 23.2 Å². The maximum atomic E-state index is 14.4. The fraction of sp³-hybridized carbons (Fsp3) is 0.303. The lowest BCUT2D eigenvalue weighted by molar-refractivity contribution is -0.136. The van der Waals surface area contributed by atoms with Gasteiger partial charge >= 0.3 is 6.17 Å². The Kier molecular flexibility index (Phi) is 7.16. The van der Waals surface area contributed by atoms with Crippen molar-refractivity contribution in [2.24, 2.45) is 5.92 Å². The van der Waals surface area contributed by atoms with Gasteiger partial charge in [0.2, 0.25) is 5.91 Å². The minimum atomic E-state index is -1.14. The van der Waals surface area contributed by atoms with Crippen LogP contribution in [0, 0.1) is 24.1 Å². The lowest BCUT2D eigenvalue weighted by Gasteiger charge is -2.32. The number of nitrogens with one attached hydrogen (secondary N) is 2. The van der Waals surface area contributed by atoms with Gasteiger partial charge in [-0.15, -0.1) is 0 Å². The molecule has 9 nitrogen and oxygen atoms in total. The second kappa shape index (κ2) is 10.9. The summed E-state index contributed by atoms with van der Waals surface area (Å²) in [5.41, 5.74) is 1.84. The van der Waals surface area contributed by atoms with Crippen LogP contribution in [0.25, 0.3) is 27.0 Å². The normalized spacial score (nSPS) is 19.7. The van der Waals surface area contributed by atoms with E-state index in [1.165, 1.54) is 22.9 Å². The summed E-state index contributed by atoms with van der Waals surface area (Å²) in [7, 11) is 1.48. The van der Waals surface area contributed by atoms with Crippen LogP contribution in [-0.2, 0) is 15.0 Å². The molecule has 1 fully saturated rings. The van der Waals surface area contributed by atoms with E-state index < -0.39 is 41.1 Å². The van der Waals surface area contributed by atoms with Crippen LogP contribution in [0.5, 0.6) is 0 Å². The Morgan fingerprint density at radius 2 is 1.98 bits per heavy atom. The SMILES string of the molecule is [C-]#[N+][C@@H]1C[C@@]2(CN1C(=O)[C@H](CC(C)C)N(C)C(=O)c1cc3c(F)cc(F)cc3[nH]1)C(=O)Nc1ccc(-c3ccccn3)cc12. The Morgan fingerprint density at radius 1 is 1.18 bits per heavy atom. The summed E-state index contributed by atoms with van der Waals surface area (Å²) in [4.78, 5) is 55.1. The fourth-order valence-electron chi connectivity index (χ4n) is 6.36. The molecule has 3 amide bonds. The van der Waals surface area contributed by atoms with Gasteiger partial charge < -0.3 is 15.2 Å². The number of aromatic nitrogens is 2. The largest absolute Gasteiger partial charge is 0.350 e. The van der Waals surface area contributed by atoms with Gasteiger partial charge in [-0.25, -0.2) is 15.4 Å². The molecule has 2 aliphatic heterocycles. The number of hydrogen-bond acceptors (Lipinski definition) is 4. The third kappa shape index (κ3) is 4.76. The molecule has 2 N–H and O–H groups in total. The topological polar surface area (TPSA) is 103 Å². The maximum Gasteiger partial charge on any atom is 0.302 e. The quantitative estimate of drug-likeness (QED) is 0.293. The van der Waals surface area contributed by atoms with Crippen LogP contribution in [0.3, 0.4) is 0 Å². The lowest BCUT2D eigenvalue weighted by atomic mass is 9.79. The molecule has 2 aromatic heterocycles. The molecule has 0 unspecified atom stereocenters. The Labute approximate surface area is 252 Å². The monoisotopic (exact) mass is 596 g/mol. The maximum absolute atomic E-state index is 14.4. The molecule has 11 heteroatoms. The highest BCUT2D eigenvalue weighted by Gasteiger charge is 2.59. The predicted molar refractivity (Wildman–Crippen MR) is 160 cm³/mol. The molecule has 44 heavy (non-hydrogen) atoms. The number of rotatable bonds is 6. The van der Waals surface area contributed by atoms with Gasteiger partial charge in [0.1, 0.15) is 28.8 Å². The van der Waals surface area contributed by atoms with E-state index in [4.69, 9.17) is 6.57 Å². The number of amides is 3. The smallest absolute Gasteiger partial charge is 0.302 e. The standard InChI is InChI=1S/C33H30F2N6O3/c1-18(2)11-28(40(4)30(42)27-15-21-23(35)13-20(34)14-26(21)38-27)31(43)41-17-33(16-29(41)36-3)22-12-19(24-7-5-6-10-37-24)8-9-25(22)39-32(33)44/h5-10,12-15,18,28-29,38H,11,16-17H2,1-2,4H3,(H,39,44)/t28-,29-,33-/m0/s1. The van der Waals surface area contributed by atoms with Crippen LogP contribution < -0.4 is 5.32 Å². The van der Waals surface area contributed by atoms with E-state index in [-0.39, 0.29) is 47.8 Å². The molecule has 224 valence electrons. The van der Waals surface area contributed by atoms with Gasteiger partial charge in [-0.1, -0.05) is 26.0 Å². The summed E-state index contributed by atoms with van der Waals surface area (Å²) in [5.74, 6) is -2.92. The Bertz CT molecular complexity index is 1850. The summed E-state index contributed by atoms with van der Waals surface area (Å²) in [6, 6.07) is 13.3. The van der Waals surface area contributed by atoms with Gasteiger partial charge in [0.05, 0.1) is 17.6 Å². The van der Waals surface area contributed by atoms with Gasteiger partial charge in [-0.3, -0.25) is 29.1 Å². The van der Waals surface area contributed by atoms with Crippen molar-refractivity contribution in [3.8, 4) is 11.3 Å². The van der Waals surface area contributed by atoms with E-state index in [2.05, 4.69) is 20.1 Å². The van der Waals surface area contributed by atoms with Crippen LogP contribution in [0.2, 0.25) is 0 Å². The third-order valence-electron chi connectivity index (χ3n) is 8.59. The summed E-state index contributed by atoms with van der Waals surface area (Å²) in [6.45, 7) is 11.7. The molecular formula is C33H30F2N6O3. The first kappa shape index (κ1) is 29.0. The van der Waals surface area contributed by atoms with Crippen molar-refractivity contribution in [3.63, 3.8) is 0 Å². The second-order valence-electron chi connectivity index (χ2n) is 11.9. The van der Waals surface area contributed by atoms with E-state index in [9.17, 15) is 23.2 Å². The van der Waals surface area contributed by atoms with Gasteiger partial charge in [0.25, 0.3) is 11.8 Å². The van der Waals surface area contributed by atoms with Crippen molar-refractivity contribution in [3.05, 3.63) is 95.1 Å². The number of fused-ring (bicyclic) bond motifs is 3. The minimum absolute atomic E-state index is 0.000624. The number of anilines is 1. The van der Waals surface area contributed by atoms with Crippen molar-refractivity contribution in [1.82, 2.24) is 19.8 Å².